The van der Waals surface area contributed by atoms with E-state index in [4.69, 9.17) is 16.3 Å². The van der Waals surface area contributed by atoms with Crippen LogP contribution in [0.25, 0.3) is 0 Å². The van der Waals surface area contributed by atoms with Crippen molar-refractivity contribution in [3.8, 4) is 5.75 Å². The lowest BCUT2D eigenvalue weighted by Crippen LogP contribution is -2.03. The van der Waals surface area contributed by atoms with Crippen LogP contribution in [0.15, 0.2) is 36.4 Å². The lowest BCUT2D eigenvalue weighted by atomic mass is 9.95. The van der Waals surface area contributed by atoms with Crippen LogP contribution in [0.1, 0.15) is 28.4 Å². The molecule has 3 heteroatoms. The van der Waals surface area contributed by atoms with E-state index in [1.165, 1.54) is 0 Å². The van der Waals surface area contributed by atoms with Gasteiger partial charge in [0.15, 0.2) is 0 Å². The van der Waals surface area contributed by atoms with Crippen LogP contribution in [0.5, 0.6) is 5.75 Å². The van der Waals surface area contributed by atoms with Gasteiger partial charge in [0.05, 0.1) is 7.11 Å². The predicted octanol–water partition coefficient (Wildman–Crippen LogP) is 4.05. The maximum atomic E-state index is 10.5. The average Bonchev–Trinajstić information content (AvgIpc) is 2.41. The van der Waals surface area contributed by atoms with Crippen LogP contribution in [-0.4, -0.2) is 12.2 Å². The second-order valence-electron chi connectivity index (χ2n) is 4.63. The summed E-state index contributed by atoms with van der Waals surface area (Å²) in [5.74, 6) is 0.838. The third-order valence-electron chi connectivity index (χ3n) is 3.26. The molecule has 0 aliphatic rings. The Kier molecular flexibility index (Phi) is 4.13. The number of hydrogen-bond donors (Lipinski definition) is 1. The van der Waals surface area contributed by atoms with Crippen molar-refractivity contribution in [3.63, 3.8) is 0 Å². The molecule has 0 radical (unpaired) electrons. The van der Waals surface area contributed by atoms with E-state index in [2.05, 4.69) is 0 Å². The summed E-state index contributed by atoms with van der Waals surface area (Å²) < 4.78 is 5.28. The zero-order chi connectivity index (χ0) is 14.0. The van der Waals surface area contributed by atoms with Gasteiger partial charge in [-0.05, 0) is 60.4 Å². The molecule has 0 fully saturated rings. The summed E-state index contributed by atoms with van der Waals surface area (Å²) in [6.45, 7) is 3.94. The van der Waals surface area contributed by atoms with Crippen LogP contribution in [0, 0.1) is 13.8 Å². The molecule has 2 aromatic carbocycles. The third kappa shape index (κ3) is 2.91. The van der Waals surface area contributed by atoms with Gasteiger partial charge in [-0.2, -0.15) is 0 Å². The van der Waals surface area contributed by atoms with Gasteiger partial charge in [0.2, 0.25) is 0 Å². The Morgan fingerprint density at radius 3 is 2.26 bits per heavy atom. The lowest BCUT2D eigenvalue weighted by molar-refractivity contribution is 0.219. The molecule has 0 heterocycles. The Morgan fingerprint density at radius 2 is 1.68 bits per heavy atom. The minimum atomic E-state index is -0.651. The fourth-order valence-electron chi connectivity index (χ4n) is 2.15. The number of rotatable bonds is 3. The zero-order valence-electron chi connectivity index (χ0n) is 11.3. The van der Waals surface area contributed by atoms with Gasteiger partial charge in [0.25, 0.3) is 0 Å². The number of hydrogen-bond acceptors (Lipinski definition) is 2. The van der Waals surface area contributed by atoms with E-state index in [-0.39, 0.29) is 0 Å². The van der Waals surface area contributed by atoms with E-state index in [1.54, 1.807) is 19.2 Å². The first kappa shape index (κ1) is 13.9. The molecule has 0 saturated heterocycles. The Bertz CT molecular complexity index is 576. The van der Waals surface area contributed by atoms with Gasteiger partial charge < -0.3 is 9.84 Å². The highest BCUT2D eigenvalue weighted by Crippen LogP contribution is 2.30. The van der Waals surface area contributed by atoms with E-state index in [0.717, 1.165) is 28.0 Å². The predicted molar refractivity (Wildman–Crippen MR) is 78.0 cm³/mol. The summed E-state index contributed by atoms with van der Waals surface area (Å²) in [5.41, 5.74) is 3.73. The van der Waals surface area contributed by atoms with Crippen LogP contribution in [-0.2, 0) is 0 Å². The zero-order valence-corrected chi connectivity index (χ0v) is 12.0. The normalized spacial score (nSPS) is 12.3. The molecule has 0 spiro atoms. The van der Waals surface area contributed by atoms with Crippen molar-refractivity contribution in [2.24, 2.45) is 0 Å². The van der Waals surface area contributed by atoms with Crippen LogP contribution >= 0.6 is 11.6 Å². The summed E-state index contributed by atoms with van der Waals surface area (Å²) in [6.07, 6.45) is -0.651. The highest BCUT2D eigenvalue weighted by Gasteiger charge is 2.15. The molecule has 0 amide bonds. The van der Waals surface area contributed by atoms with E-state index in [0.29, 0.717) is 5.02 Å². The first-order valence-corrected chi connectivity index (χ1v) is 6.49. The second kappa shape index (κ2) is 5.64. The first-order chi connectivity index (χ1) is 9.02. The van der Waals surface area contributed by atoms with Gasteiger partial charge >= 0.3 is 0 Å². The topological polar surface area (TPSA) is 29.5 Å². The molecular formula is C16H17ClO2. The fraction of sp³-hybridized carbons (Fsp3) is 0.250. The molecule has 100 valence electrons. The van der Waals surface area contributed by atoms with Crippen molar-refractivity contribution in [1.82, 2.24) is 0 Å². The van der Waals surface area contributed by atoms with Crippen LogP contribution in [0.3, 0.4) is 0 Å². The number of aliphatic hydroxyl groups is 1. The SMILES string of the molecule is COc1cc(C)c(C(O)c2ccc(Cl)cc2)cc1C. The van der Waals surface area contributed by atoms with Crippen LogP contribution in [0.4, 0.5) is 0 Å². The largest absolute Gasteiger partial charge is 0.496 e. The highest BCUT2D eigenvalue weighted by molar-refractivity contribution is 6.30. The summed E-state index contributed by atoms with van der Waals surface area (Å²) in [7, 11) is 1.65. The van der Waals surface area contributed by atoms with Crippen molar-refractivity contribution in [3.05, 3.63) is 63.7 Å². The van der Waals surface area contributed by atoms with Gasteiger partial charge in [0, 0.05) is 5.02 Å². The van der Waals surface area contributed by atoms with E-state index >= 15 is 0 Å². The Labute approximate surface area is 118 Å². The van der Waals surface area contributed by atoms with Gasteiger partial charge in [-0.15, -0.1) is 0 Å². The minimum Gasteiger partial charge on any atom is -0.496 e. The van der Waals surface area contributed by atoms with E-state index in [1.807, 2.05) is 38.1 Å². The summed E-state index contributed by atoms with van der Waals surface area (Å²) in [6, 6.07) is 11.2. The first-order valence-electron chi connectivity index (χ1n) is 6.11. The number of ether oxygens (including phenoxy) is 1. The van der Waals surface area contributed by atoms with Crippen molar-refractivity contribution >= 4 is 11.6 Å². The molecule has 19 heavy (non-hydrogen) atoms. The molecule has 2 nitrogen and oxygen atoms in total. The van der Waals surface area contributed by atoms with Gasteiger partial charge in [-0.3, -0.25) is 0 Å². The van der Waals surface area contributed by atoms with Crippen molar-refractivity contribution < 1.29 is 9.84 Å². The quantitative estimate of drug-likeness (QED) is 0.916. The van der Waals surface area contributed by atoms with Gasteiger partial charge in [-0.1, -0.05) is 23.7 Å². The molecule has 0 aromatic heterocycles. The highest BCUT2D eigenvalue weighted by atomic mass is 35.5. The van der Waals surface area contributed by atoms with Crippen LogP contribution in [0.2, 0.25) is 5.02 Å². The fourth-order valence-corrected chi connectivity index (χ4v) is 2.28. The maximum absolute atomic E-state index is 10.5. The molecule has 1 unspecified atom stereocenters. The summed E-state index contributed by atoms with van der Waals surface area (Å²) in [4.78, 5) is 0. The number of halogens is 1. The second-order valence-corrected chi connectivity index (χ2v) is 5.07. The smallest absolute Gasteiger partial charge is 0.122 e. The summed E-state index contributed by atoms with van der Waals surface area (Å²) >= 11 is 5.86. The summed E-state index contributed by atoms with van der Waals surface area (Å²) in [5, 5.41) is 11.1. The van der Waals surface area contributed by atoms with Crippen molar-refractivity contribution in [2.75, 3.05) is 7.11 Å². The number of aryl methyl sites for hydroxylation is 2. The Hall–Kier alpha value is -1.51. The lowest BCUT2D eigenvalue weighted by Gasteiger charge is -2.17. The molecule has 1 N–H and O–H groups in total. The monoisotopic (exact) mass is 276 g/mol. The maximum Gasteiger partial charge on any atom is 0.122 e. The Balaban J connectivity index is 2.41. The number of benzene rings is 2. The van der Waals surface area contributed by atoms with E-state index < -0.39 is 6.10 Å². The Morgan fingerprint density at radius 1 is 1.05 bits per heavy atom. The average molecular weight is 277 g/mol. The molecule has 0 saturated carbocycles. The molecular weight excluding hydrogens is 260 g/mol. The third-order valence-corrected chi connectivity index (χ3v) is 3.52. The molecule has 0 aliphatic carbocycles. The number of methoxy groups -OCH3 is 1. The minimum absolute atomic E-state index is 0.651. The van der Waals surface area contributed by atoms with Gasteiger partial charge in [-0.25, -0.2) is 0 Å². The molecule has 0 bridgehead atoms. The van der Waals surface area contributed by atoms with Crippen LogP contribution < -0.4 is 4.74 Å². The van der Waals surface area contributed by atoms with Gasteiger partial charge in [0.1, 0.15) is 11.9 Å². The van der Waals surface area contributed by atoms with Crippen molar-refractivity contribution in [2.45, 2.75) is 20.0 Å². The standard InChI is InChI=1S/C16H17ClO2/c1-10-9-15(19-3)11(2)8-14(10)16(18)12-4-6-13(17)7-5-12/h4-9,16,18H,1-3H3. The molecule has 0 aliphatic heterocycles. The number of aliphatic hydroxyl groups excluding tert-OH is 1. The molecule has 2 rings (SSSR count). The molecule has 2 aromatic rings. The van der Waals surface area contributed by atoms with E-state index in [9.17, 15) is 5.11 Å². The molecule has 1 atom stereocenters. The van der Waals surface area contributed by atoms with Crippen molar-refractivity contribution in [1.29, 1.82) is 0 Å².